The van der Waals surface area contributed by atoms with Gasteiger partial charge in [0.05, 0.1) is 0 Å². The molecule has 112 valence electrons. The number of amides is 1. The summed E-state index contributed by atoms with van der Waals surface area (Å²) in [6.07, 6.45) is 4.59. The van der Waals surface area contributed by atoms with Crippen molar-refractivity contribution >= 4 is 5.91 Å². The molecule has 0 aliphatic heterocycles. The summed E-state index contributed by atoms with van der Waals surface area (Å²) in [7, 11) is 0. The molecule has 0 heterocycles. The first-order valence-corrected chi connectivity index (χ1v) is 7.30. The van der Waals surface area contributed by atoms with Crippen molar-refractivity contribution in [1.29, 1.82) is 0 Å². The number of nitrogens with one attached hydrogen (secondary N) is 1. The number of ether oxygens (including phenoxy) is 1. The van der Waals surface area contributed by atoms with Crippen LogP contribution < -0.4 is 10.1 Å². The monoisotopic (exact) mass is 281 g/mol. The highest BCUT2D eigenvalue weighted by Crippen LogP contribution is 2.12. The number of benzene rings is 1. The minimum absolute atomic E-state index is 0.0319. The van der Waals surface area contributed by atoms with Gasteiger partial charge < -0.3 is 10.1 Å². The van der Waals surface area contributed by atoms with E-state index in [2.05, 4.69) is 19.2 Å². The molecule has 1 N–H and O–H groups in total. The van der Waals surface area contributed by atoms with Gasteiger partial charge in [-0.05, 0) is 36.6 Å². The Bertz CT molecular complexity index is 392. The van der Waals surface area contributed by atoms with Gasteiger partial charge in [0, 0.05) is 6.54 Å². The molecule has 0 aliphatic carbocycles. The van der Waals surface area contributed by atoms with Gasteiger partial charge in [-0.15, -0.1) is 0 Å². The molecule has 1 amide bonds. The second kappa shape index (κ2) is 9.34. The van der Waals surface area contributed by atoms with Gasteiger partial charge >= 0.3 is 0 Å². The summed E-state index contributed by atoms with van der Waals surface area (Å²) in [6, 6.07) is 5.65. The molecule has 0 saturated heterocycles. The largest absolute Gasteiger partial charge is 0.484 e. The number of halogens is 1. The Labute approximate surface area is 120 Å². The van der Waals surface area contributed by atoms with Crippen LogP contribution >= 0.6 is 0 Å². The molecular formula is C16H24FNO2. The normalized spacial score (nSPS) is 11.9. The fourth-order valence-corrected chi connectivity index (χ4v) is 1.93. The van der Waals surface area contributed by atoms with Gasteiger partial charge in [-0.3, -0.25) is 4.79 Å². The van der Waals surface area contributed by atoms with Crippen molar-refractivity contribution in [3.63, 3.8) is 0 Å². The molecule has 0 unspecified atom stereocenters. The standard InChI is InChI=1S/C16H24FNO2/c1-3-5-6-13(4-2)11-18-16(19)12-20-15-9-7-14(17)8-10-15/h7-10,13H,3-6,11-12H2,1-2H3,(H,18,19)/t13-/m0/s1. The lowest BCUT2D eigenvalue weighted by atomic mass is 9.99. The van der Waals surface area contributed by atoms with E-state index in [0.29, 0.717) is 18.2 Å². The molecular weight excluding hydrogens is 257 g/mol. The van der Waals surface area contributed by atoms with E-state index in [9.17, 15) is 9.18 Å². The SMILES string of the molecule is CCCC[C@H](CC)CNC(=O)COc1ccc(F)cc1. The van der Waals surface area contributed by atoms with Crippen molar-refractivity contribution in [2.75, 3.05) is 13.2 Å². The molecule has 1 aromatic rings. The van der Waals surface area contributed by atoms with Crippen LogP contribution in [-0.2, 0) is 4.79 Å². The Morgan fingerprint density at radius 1 is 1.30 bits per heavy atom. The first-order valence-electron chi connectivity index (χ1n) is 7.30. The molecule has 0 aromatic heterocycles. The van der Waals surface area contributed by atoms with Crippen LogP contribution in [0, 0.1) is 11.7 Å². The smallest absolute Gasteiger partial charge is 0.257 e. The average molecular weight is 281 g/mol. The second-order valence-corrected chi connectivity index (χ2v) is 4.96. The molecule has 0 bridgehead atoms. The summed E-state index contributed by atoms with van der Waals surface area (Å²) < 4.78 is 18.0. The minimum atomic E-state index is -0.316. The van der Waals surface area contributed by atoms with E-state index in [1.54, 1.807) is 0 Å². The summed E-state index contributed by atoms with van der Waals surface area (Å²) in [5.74, 6) is 0.581. The van der Waals surface area contributed by atoms with Crippen molar-refractivity contribution in [2.45, 2.75) is 39.5 Å². The van der Waals surface area contributed by atoms with Crippen molar-refractivity contribution in [1.82, 2.24) is 5.32 Å². The summed E-state index contributed by atoms with van der Waals surface area (Å²) in [5.41, 5.74) is 0. The van der Waals surface area contributed by atoms with Crippen LogP contribution in [0.2, 0.25) is 0 Å². The molecule has 1 rings (SSSR count). The van der Waals surface area contributed by atoms with Crippen LogP contribution in [0.1, 0.15) is 39.5 Å². The average Bonchev–Trinajstić information content (AvgIpc) is 2.47. The third-order valence-corrected chi connectivity index (χ3v) is 3.31. The fraction of sp³-hybridized carbons (Fsp3) is 0.562. The predicted octanol–water partition coefficient (Wildman–Crippen LogP) is 3.54. The molecule has 1 aromatic carbocycles. The maximum atomic E-state index is 12.7. The van der Waals surface area contributed by atoms with Crippen molar-refractivity contribution in [3.05, 3.63) is 30.1 Å². The number of rotatable bonds is 9. The first-order chi connectivity index (χ1) is 9.65. The first kappa shape index (κ1) is 16.5. The predicted molar refractivity (Wildman–Crippen MR) is 78.2 cm³/mol. The summed E-state index contributed by atoms with van der Waals surface area (Å²) in [5, 5.41) is 2.89. The minimum Gasteiger partial charge on any atom is -0.484 e. The summed E-state index contributed by atoms with van der Waals surface area (Å²) in [6.45, 7) is 4.97. The Hall–Kier alpha value is -1.58. The molecule has 0 fully saturated rings. The van der Waals surface area contributed by atoms with Crippen molar-refractivity contribution < 1.29 is 13.9 Å². The Balaban J connectivity index is 2.24. The van der Waals surface area contributed by atoms with Crippen LogP contribution in [-0.4, -0.2) is 19.1 Å². The molecule has 0 aliphatic rings. The molecule has 20 heavy (non-hydrogen) atoms. The lowest BCUT2D eigenvalue weighted by molar-refractivity contribution is -0.123. The Morgan fingerprint density at radius 2 is 2.00 bits per heavy atom. The molecule has 0 saturated carbocycles. The van der Waals surface area contributed by atoms with E-state index in [-0.39, 0.29) is 18.3 Å². The molecule has 0 radical (unpaired) electrons. The van der Waals surface area contributed by atoms with Gasteiger partial charge in [-0.2, -0.15) is 0 Å². The summed E-state index contributed by atoms with van der Waals surface area (Å²) >= 11 is 0. The highest BCUT2D eigenvalue weighted by Gasteiger charge is 2.08. The molecule has 4 heteroatoms. The number of hydrogen-bond donors (Lipinski definition) is 1. The highest BCUT2D eigenvalue weighted by molar-refractivity contribution is 5.77. The van der Waals surface area contributed by atoms with Gasteiger partial charge in [-0.25, -0.2) is 4.39 Å². The second-order valence-electron chi connectivity index (χ2n) is 4.96. The van der Waals surface area contributed by atoms with Crippen LogP contribution in [0.5, 0.6) is 5.75 Å². The van der Waals surface area contributed by atoms with Crippen LogP contribution in [0.3, 0.4) is 0 Å². The zero-order valence-corrected chi connectivity index (χ0v) is 12.3. The van der Waals surface area contributed by atoms with E-state index in [4.69, 9.17) is 4.74 Å². The van der Waals surface area contributed by atoms with Gasteiger partial charge in [0.25, 0.3) is 5.91 Å². The maximum Gasteiger partial charge on any atom is 0.257 e. The number of hydrogen-bond acceptors (Lipinski definition) is 2. The fourth-order valence-electron chi connectivity index (χ4n) is 1.93. The molecule has 1 atom stereocenters. The zero-order valence-electron chi connectivity index (χ0n) is 12.3. The van der Waals surface area contributed by atoms with E-state index < -0.39 is 0 Å². The molecule has 3 nitrogen and oxygen atoms in total. The molecule has 0 spiro atoms. The van der Waals surface area contributed by atoms with E-state index >= 15 is 0 Å². The quantitative estimate of drug-likeness (QED) is 0.752. The van der Waals surface area contributed by atoms with E-state index in [1.165, 1.54) is 37.1 Å². The van der Waals surface area contributed by atoms with E-state index in [0.717, 1.165) is 12.8 Å². The van der Waals surface area contributed by atoms with Crippen molar-refractivity contribution in [3.8, 4) is 5.75 Å². The van der Waals surface area contributed by atoms with Crippen molar-refractivity contribution in [2.24, 2.45) is 5.92 Å². The van der Waals surface area contributed by atoms with Gasteiger partial charge in [0.1, 0.15) is 11.6 Å². The zero-order chi connectivity index (χ0) is 14.8. The Morgan fingerprint density at radius 3 is 2.60 bits per heavy atom. The van der Waals surface area contributed by atoms with Crippen LogP contribution in [0.4, 0.5) is 4.39 Å². The lowest BCUT2D eigenvalue weighted by Gasteiger charge is -2.15. The van der Waals surface area contributed by atoms with Gasteiger partial charge in [0.15, 0.2) is 6.61 Å². The van der Waals surface area contributed by atoms with Gasteiger partial charge in [0.2, 0.25) is 0 Å². The van der Waals surface area contributed by atoms with Gasteiger partial charge in [-0.1, -0.05) is 33.1 Å². The third-order valence-electron chi connectivity index (χ3n) is 3.31. The van der Waals surface area contributed by atoms with Crippen LogP contribution in [0.25, 0.3) is 0 Å². The number of carbonyl (C=O) groups excluding carboxylic acids is 1. The topological polar surface area (TPSA) is 38.3 Å². The van der Waals surface area contributed by atoms with E-state index in [1.807, 2.05) is 0 Å². The Kier molecular flexibility index (Phi) is 7.70. The van der Waals surface area contributed by atoms with Crippen LogP contribution in [0.15, 0.2) is 24.3 Å². The summed E-state index contributed by atoms with van der Waals surface area (Å²) in [4.78, 5) is 11.7. The third kappa shape index (κ3) is 6.55. The number of carbonyl (C=O) groups is 1. The number of unbranched alkanes of at least 4 members (excludes halogenated alkanes) is 1. The lowest BCUT2D eigenvalue weighted by Crippen LogP contribution is -2.33. The maximum absolute atomic E-state index is 12.7. The highest BCUT2D eigenvalue weighted by atomic mass is 19.1.